The first kappa shape index (κ1) is 14.9. The first-order chi connectivity index (χ1) is 7.43. The molecule has 0 saturated heterocycles. The summed E-state index contributed by atoms with van der Waals surface area (Å²) in [6, 6.07) is 0. The molecule has 0 aliphatic heterocycles. The lowest BCUT2D eigenvalue weighted by atomic mass is 9.93. The van der Waals surface area contributed by atoms with Crippen molar-refractivity contribution in [2.24, 2.45) is 11.8 Å². The molecule has 0 bridgehead atoms. The van der Waals surface area contributed by atoms with Crippen molar-refractivity contribution in [3.8, 4) is 0 Å². The molecule has 0 radical (unpaired) electrons. The first-order valence-corrected chi connectivity index (χ1v) is 5.47. The number of rotatable bonds is 7. The van der Waals surface area contributed by atoms with Gasteiger partial charge in [-0.15, -0.1) is 0 Å². The summed E-state index contributed by atoms with van der Waals surface area (Å²) in [5, 5.41) is 11.3. The number of carbonyl (C=O) groups is 2. The number of ether oxygens (including phenoxy) is 1. The molecule has 3 unspecified atom stereocenters. The molecule has 94 valence electrons. The fourth-order valence-electron chi connectivity index (χ4n) is 1.24. The Bertz CT molecular complexity index is 242. The van der Waals surface area contributed by atoms with E-state index in [0.29, 0.717) is 0 Å². The van der Waals surface area contributed by atoms with E-state index in [4.69, 9.17) is 9.84 Å². The second-order valence-corrected chi connectivity index (χ2v) is 3.98. The summed E-state index contributed by atoms with van der Waals surface area (Å²) in [5.41, 5.74) is 0. The van der Waals surface area contributed by atoms with Gasteiger partial charge in [-0.3, -0.25) is 4.79 Å². The molecule has 5 heteroatoms. The maximum absolute atomic E-state index is 11.6. The highest BCUT2D eigenvalue weighted by atomic mass is 16.5. The number of carboxylic acid groups (broad SMARTS) is 1. The molecule has 0 spiro atoms. The minimum atomic E-state index is -1.07. The lowest BCUT2D eigenvalue weighted by molar-refractivity contribution is -0.148. The second-order valence-electron chi connectivity index (χ2n) is 3.98. The summed E-state index contributed by atoms with van der Waals surface area (Å²) in [6.07, 6.45) is -0.0607. The smallest absolute Gasteiger partial charge is 0.334 e. The molecule has 2 N–H and O–H groups in total. The highest BCUT2D eigenvalue weighted by Gasteiger charge is 2.22. The minimum absolute atomic E-state index is 0.00540. The number of hydrogen-bond acceptors (Lipinski definition) is 3. The SMILES string of the molecule is CCC(C)C(C)C(=O)NCC(OC)C(=O)O. The summed E-state index contributed by atoms with van der Waals surface area (Å²) in [7, 11) is 1.31. The maximum Gasteiger partial charge on any atom is 0.334 e. The Kier molecular flexibility index (Phi) is 6.72. The molecule has 16 heavy (non-hydrogen) atoms. The number of aliphatic carboxylic acids is 1. The number of carboxylic acids is 1. The average molecular weight is 231 g/mol. The molecule has 0 fully saturated rings. The minimum Gasteiger partial charge on any atom is -0.479 e. The predicted octanol–water partition coefficient (Wildman–Crippen LogP) is 0.884. The van der Waals surface area contributed by atoms with E-state index in [0.717, 1.165) is 6.42 Å². The molecule has 1 amide bonds. The Balaban J connectivity index is 4.10. The van der Waals surface area contributed by atoms with Gasteiger partial charge in [0.25, 0.3) is 0 Å². The third-order valence-corrected chi connectivity index (χ3v) is 2.93. The molecule has 5 nitrogen and oxygen atoms in total. The van der Waals surface area contributed by atoms with Crippen molar-refractivity contribution in [1.82, 2.24) is 5.32 Å². The fourth-order valence-corrected chi connectivity index (χ4v) is 1.24. The van der Waals surface area contributed by atoms with Crippen LogP contribution >= 0.6 is 0 Å². The van der Waals surface area contributed by atoms with Gasteiger partial charge in [0.1, 0.15) is 0 Å². The van der Waals surface area contributed by atoms with Crippen molar-refractivity contribution in [3.63, 3.8) is 0 Å². The number of nitrogens with one attached hydrogen (secondary N) is 1. The summed E-state index contributed by atoms with van der Waals surface area (Å²) in [5.74, 6) is -1.03. The van der Waals surface area contributed by atoms with Crippen LogP contribution in [-0.4, -0.2) is 36.7 Å². The van der Waals surface area contributed by atoms with Crippen LogP contribution in [0.2, 0.25) is 0 Å². The van der Waals surface area contributed by atoms with Crippen LogP contribution in [0.3, 0.4) is 0 Å². The summed E-state index contributed by atoms with van der Waals surface area (Å²) in [6.45, 7) is 5.86. The number of amides is 1. The van der Waals surface area contributed by atoms with Crippen molar-refractivity contribution >= 4 is 11.9 Å². The zero-order valence-corrected chi connectivity index (χ0v) is 10.3. The number of methoxy groups -OCH3 is 1. The van der Waals surface area contributed by atoms with Gasteiger partial charge >= 0.3 is 5.97 Å². The molecule has 0 aromatic rings. The second kappa shape index (κ2) is 7.22. The number of carbonyl (C=O) groups excluding carboxylic acids is 1. The van der Waals surface area contributed by atoms with Crippen LogP contribution in [0.15, 0.2) is 0 Å². The Morgan fingerprint density at radius 3 is 2.31 bits per heavy atom. The van der Waals surface area contributed by atoms with E-state index >= 15 is 0 Å². The summed E-state index contributed by atoms with van der Waals surface area (Å²) < 4.78 is 4.71. The summed E-state index contributed by atoms with van der Waals surface area (Å²) in [4.78, 5) is 22.3. The molecule has 0 rings (SSSR count). The van der Waals surface area contributed by atoms with Gasteiger partial charge in [-0.2, -0.15) is 0 Å². The molecule has 0 heterocycles. The topological polar surface area (TPSA) is 75.6 Å². The Morgan fingerprint density at radius 2 is 1.94 bits per heavy atom. The van der Waals surface area contributed by atoms with Crippen molar-refractivity contribution in [2.45, 2.75) is 33.3 Å². The maximum atomic E-state index is 11.6. The van der Waals surface area contributed by atoms with Gasteiger partial charge in [0.15, 0.2) is 6.10 Å². The van der Waals surface area contributed by atoms with E-state index in [1.807, 2.05) is 20.8 Å². The van der Waals surface area contributed by atoms with E-state index < -0.39 is 12.1 Å². The van der Waals surface area contributed by atoms with Crippen LogP contribution in [0.1, 0.15) is 27.2 Å². The molecular weight excluding hydrogens is 210 g/mol. The Hall–Kier alpha value is -1.10. The van der Waals surface area contributed by atoms with Crippen LogP contribution in [0.4, 0.5) is 0 Å². The van der Waals surface area contributed by atoms with Crippen LogP contribution in [-0.2, 0) is 14.3 Å². The van der Waals surface area contributed by atoms with Gasteiger partial charge in [0.05, 0.1) is 6.54 Å². The van der Waals surface area contributed by atoms with E-state index in [9.17, 15) is 9.59 Å². The standard InChI is InChI=1S/C11H21NO4/c1-5-7(2)8(3)10(13)12-6-9(16-4)11(14)15/h7-9H,5-6H2,1-4H3,(H,12,13)(H,14,15). The number of hydrogen-bond donors (Lipinski definition) is 2. The van der Waals surface area contributed by atoms with Gasteiger partial charge in [-0.1, -0.05) is 27.2 Å². The molecule has 0 aromatic heterocycles. The van der Waals surface area contributed by atoms with Gasteiger partial charge in [0, 0.05) is 13.0 Å². The quantitative estimate of drug-likeness (QED) is 0.682. The van der Waals surface area contributed by atoms with Gasteiger partial charge in [-0.05, 0) is 5.92 Å². The highest BCUT2D eigenvalue weighted by Crippen LogP contribution is 2.14. The Labute approximate surface area is 96.2 Å². The molecule has 0 aliphatic rings. The van der Waals surface area contributed by atoms with E-state index in [1.165, 1.54) is 7.11 Å². The molecule has 3 atom stereocenters. The van der Waals surface area contributed by atoms with Crippen molar-refractivity contribution in [1.29, 1.82) is 0 Å². The van der Waals surface area contributed by atoms with Gasteiger partial charge < -0.3 is 15.2 Å². The van der Waals surface area contributed by atoms with E-state index in [1.54, 1.807) is 0 Å². The van der Waals surface area contributed by atoms with Crippen LogP contribution < -0.4 is 5.32 Å². The normalized spacial score (nSPS) is 16.2. The zero-order chi connectivity index (χ0) is 12.7. The van der Waals surface area contributed by atoms with Crippen molar-refractivity contribution in [2.75, 3.05) is 13.7 Å². The van der Waals surface area contributed by atoms with Crippen molar-refractivity contribution < 1.29 is 19.4 Å². The largest absolute Gasteiger partial charge is 0.479 e. The third kappa shape index (κ3) is 4.61. The fraction of sp³-hybridized carbons (Fsp3) is 0.818. The average Bonchev–Trinajstić information content (AvgIpc) is 2.26. The van der Waals surface area contributed by atoms with Crippen LogP contribution in [0, 0.1) is 11.8 Å². The summed E-state index contributed by atoms with van der Waals surface area (Å²) >= 11 is 0. The molecular formula is C11H21NO4. The highest BCUT2D eigenvalue weighted by molar-refractivity contribution is 5.80. The lowest BCUT2D eigenvalue weighted by Gasteiger charge is -2.19. The van der Waals surface area contributed by atoms with E-state index in [-0.39, 0.29) is 24.3 Å². The van der Waals surface area contributed by atoms with Crippen molar-refractivity contribution in [3.05, 3.63) is 0 Å². The van der Waals surface area contributed by atoms with Crippen LogP contribution in [0.5, 0.6) is 0 Å². The van der Waals surface area contributed by atoms with Gasteiger partial charge in [0.2, 0.25) is 5.91 Å². The van der Waals surface area contributed by atoms with Crippen LogP contribution in [0.25, 0.3) is 0 Å². The van der Waals surface area contributed by atoms with E-state index in [2.05, 4.69) is 5.32 Å². The monoisotopic (exact) mass is 231 g/mol. The van der Waals surface area contributed by atoms with Gasteiger partial charge in [-0.25, -0.2) is 4.79 Å². The Morgan fingerprint density at radius 1 is 1.38 bits per heavy atom. The molecule has 0 aliphatic carbocycles. The predicted molar refractivity (Wildman–Crippen MR) is 60.1 cm³/mol. The molecule has 0 aromatic carbocycles. The third-order valence-electron chi connectivity index (χ3n) is 2.93. The lowest BCUT2D eigenvalue weighted by Crippen LogP contribution is -2.41. The zero-order valence-electron chi connectivity index (χ0n) is 10.3. The first-order valence-electron chi connectivity index (χ1n) is 5.47. The molecule has 0 saturated carbocycles.